The quantitative estimate of drug-likeness (QED) is 0.696. The lowest BCUT2D eigenvalue weighted by Gasteiger charge is -2.30. The highest BCUT2D eigenvalue weighted by atomic mass is 35.5. The molecule has 2 heterocycles. The van der Waals surface area contributed by atoms with Gasteiger partial charge in [-0.2, -0.15) is 0 Å². The first-order valence-electron chi connectivity index (χ1n) is 8.35. The Morgan fingerprint density at radius 1 is 1.18 bits per heavy atom. The average Bonchev–Trinajstić information content (AvgIpc) is 2.68. The number of anilines is 2. The summed E-state index contributed by atoms with van der Waals surface area (Å²) < 4.78 is 35.4. The number of methoxy groups -OCH3 is 1. The fraction of sp³-hybridized carbons (Fsp3) is 0.100. The summed E-state index contributed by atoms with van der Waals surface area (Å²) in [6, 6.07) is 7.33. The molecular formula is C20H15ClF2N4O. The highest BCUT2D eigenvalue weighted by Crippen LogP contribution is 2.36. The van der Waals surface area contributed by atoms with E-state index in [2.05, 4.69) is 9.97 Å². The van der Waals surface area contributed by atoms with Crippen molar-refractivity contribution in [3.05, 3.63) is 71.5 Å². The lowest BCUT2D eigenvalue weighted by atomic mass is 10.0. The van der Waals surface area contributed by atoms with Gasteiger partial charge >= 0.3 is 0 Å². The van der Waals surface area contributed by atoms with Crippen LogP contribution < -0.4 is 10.6 Å². The number of rotatable bonds is 3. The van der Waals surface area contributed by atoms with Gasteiger partial charge in [-0.3, -0.25) is 4.98 Å². The summed E-state index contributed by atoms with van der Waals surface area (Å²) in [5.41, 5.74) is 6.94. The van der Waals surface area contributed by atoms with Gasteiger partial charge in [0.05, 0.1) is 33.5 Å². The first-order valence-corrected chi connectivity index (χ1v) is 8.73. The van der Waals surface area contributed by atoms with Crippen molar-refractivity contribution in [3.63, 3.8) is 0 Å². The molecule has 28 heavy (non-hydrogen) atoms. The van der Waals surface area contributed by atoms with Crippen molar-refractivity contribution in [2.45, 2.75) is 6.23 Å². The van der Waals surface area contributed by atoms with Crippen LogP contribution in [0.4, 0.5) is 20.3 Å². The second kappa shape index (κ2) is 7.18. The SMILES string of the molecule is COC1C=CC(Cl)=CN1c1ccc(F)c(-c2ccc3nc(N)cnc3c2)c1F. The third-order valence-electron chi connectivity index (χ3n) is 4.40. The number of nitrogens with zero attached hydrogens (tertiary/aromatic N) is 3. The maximum Gasteiger partial charge on any atom is 0.157 e. The van der Waals surface area contributed by atoms with Gasteiger partial charge in [-0.25, -0.2) is 13.8 Å². The lowest BCUT2D eigenvalue weighted by Crippen LogP contribution is -2.33. The fourth-order valence-electron chi connectivity index (χ4n) is 3.10. The van der Waals surface area contributed by atoms with Crippen molar-refractivity contribution in [1.82, 2.24) is 9.97 Å². The topological polar surface area (TPSA) is 64.3 Å². The molecule has 1 atom stereocenters. The number of benzene rings is 2. The van der Waals surface area contributed by atoms with Gasteiger partial charge in [0.1, 0.15) is 11.6 Å². The Labute approximate surface area is 164 Å². The number of hydrogen-bond donors (Lipinski definition) is 1. The van der Waals surface area contributed by atoms with Crippen LogP contribution in [0.15, 0.2) is 59.9 Å². The summed E-state index contributed by atoms with van der Waals surface area (Å²) in [6.07, 6.45) is 5.69. The van der Waals surface area contributed by atoms with Crippen LogP contribution >= 0.6 is 11.6 Å². The van der Waals surface area contributed by atoms with Crippen LogP contribution in [0.2, 0.25) is 0 Å². The Morgan fingerprint density at radius 2 is 2.00 bits per heavy atom. The van der Waals surface area contributed by atoms with E-state index in [4.69, 9.17) is 22.1 Å². The number of ether oxygens (including phenoxy) is 1. The van der Waals surface area contributed by atoms with Gasteiger partial charge in [0.2, 0.25) is 0 Å². The van der Waals surface area contributed by atoms with E-state index in [9.17, 15) is 4.39 Å². The molecular weight excluding hydrogens is 386 g/mol. The summed E-state index contributed by atoms with van der Waals surface area (Å²) in [5.74, 6) is -1.16. The highest BCUT2D eigenvalue weighted by Gasteiger charge is 2.24. The molecule has 4 rings (SSSR count). The van der Waals surface area contributed by atoms with E-state index >= 15 is 4.39 Å². The molecule has 1 aliphatic heterocycles. The van der Waals surface area contributed by atoms with Crippen LogP contribution in [0.25, 0.3) is 22.2 Å². The zero-order valence-electron chi connectivity index (χ0n) is 14.7. The molecule has 0 spiro atoms. The van der Waals surface area contributed by atoms with E-state index in [1.807, 2.05) is 0 Å². The summed E-state index contributed by atoms with van der Waals surface area (Å²) in [7, 11) is 1.49. The maximum absolute atomic E-state index is 15.4. The maximum atomic E-state index is 15.4. The van der Waals surface area contributed by atoms with Gasteiger partial charge in [-0.05, 0) is 42.0 Å². The van der Waals surface area contributed by atoms with Gasteiger partial charge in [0, 0.05) is 13.3 Å². The molecule has 1 unspecified atom stereocenters. The van der Waals surface area contributed by atoms with Crippen molar-refractivity contribution >= 4 is 34.1 Å². The molecule has 0 fully saturated rings. The van der Waals surface area contributed by atoms with Gasteiger partial charge in [-0.15, -0.1) is 0 Å². The van der Waals surface area contributed by atoms with Crippen LogP contribution in [0.3, 0.4) is 0 Å². The average molecular weight is 401 g/mol. The smallest absolute Gasteiger partial charge is 0.157 e. The number of nitrogens with two attached hydrogens (primary N) is 1. The van der Waals surface area contributed by atoms with Crippen LogP contribution in [0.5, 0.6) is 0 Å². The predicted octanol–water partition coefficient (Wildman–Crippen LogP) is 4.59. The van der Waals surface area contributed by atoms with Crippen LogP contribution in [0.1, 0.15) is 0 Å². The standard InChI is InChI=1S/C20H15ClF2N4O/c1-28-18-7-3-12(21)10-27(18)16-6-4-13(22)19(20(16)23)11-2-5-14-15(8-11)25-9-17(24)26-14/h2-10,18H,1H3,(H2,24,26). The predicted molar refractivity (Wildman–Crippen MR) is 106 cm³/mol. The third kappa shape index (κ3) is 3.19. The largest absolute Gasteiger partial charge is 0.382 e. The van der Waals surface area contributed by atoms with Crippen molar-refractivity contribution in [2.75, 3.05) is 17.7 Å². The van der Waals surface area contributed by atoms with Gasteiger partial charge in [0.15, 0.2) is 12.0 Å². The van der Waals surface area contributed by atoms with Crippen molar-refractivity contribution < 1.29 is 13.5 Å². The molecule has 0 radical (unpaired) electrons. The van der Waals surface area contributed by atoms with Gasteiger partial charge < -0.3 is 15.4 Å². The second-order valence-electron chi connectivity index (χ2n) is 6.16. The number of halogens is 3. The Balaban J connectivity index is 1.86. The summed E-state index contributed by atoms with van der Waals surface area (Å²) in [6.45, 7) is 0. The first kappa shape index (κ1) is 18.3. The van der Waals surface area contributed by atoms with E-state index < -0.39 is 17.9 Å². The number of nitrogen functional groups attached to an aromatic ring is 1. The van der Waals surface area contributed by atoms with E-state index in [-0.39, 0.29) is 17.1 Å². The molecule has 0 amide bonds. The number of fused-ring (bicyclic) bond motifs is 1. The summed E-state index contributed by atoms with van der Waals surface area (Å²) in [5, 5.41) is 0.400. The van der Waals surface area contributed by atoms with E-state index in [1.54, 1.807) is 30.4 Å². The molecule has 2 N–H and O–H groups in total. The molecule has 1 aromatic heterocycles. The Morgan fingerprint density at radius 3 is 2.79 bits per heavy atom. The normalized spacial score (nSPS) is 16.5. The van der Waals surface area contributed by atoms with Gasteiger partial charge in [0.25, 0.3) is 0 Å². The highest BCUT2D eigenvalue weighted by molar-refractivity contribution is 6.31. The first-order chi connectivity index (χ1) is 13.5. The van der Waals surface area contributed by atoms with E-state index in [1.165, 1.54) is 36.5 Å². The molecule has 0 saturated heterocycles. The minimum atomic E-state index is -0.735. The molecule has 2 aromatic carbocycles. The van der Waals surface area contributed by atoms with Crippen molar-refractivity contribution in [2.24, 2.45) is 0 Å². The Bertz CT molecular complexity index is 1130. The molecule has 1 aliphatic rings. The minimum absolute atomic E-state index is 0.134. The molecule has 142 valence electrons. The number of aromatic nitrogens is 2. The van der Waals surface area contributed by atoms with Crippen LogP contribution in [-0.4, -0.2) is 23.3 Å². The van der Waals surface area contributed by atoms with Gasteiger partial charge in [-0.1, -0.05) is 17.7 Å². The van der Waals surface area contributed by atoms with E-state index in [0.717, 1.165) is 0 Å². The lowest BCUT2D eigenvalue weighted by molar-refractivity contribution is 0.143. The van der Waals surface area contributed by atoms with Crippen molar-refractivity contribution in [1.29, 1.82) is 0 Å². The van der Waals surface area contributed by atoms with E-state index in [0.29, 0.717) is 21.6 Å². The summed E-state index contributed by atoms with van der Waals surface area (Å²) in [4.78, 5) is 9.83. The van der Waals surface area contributed by atoms with Crippen molar-refractivity contribution in [3.8, 4) is 11.1 Å². The monoisotopic (exact) mass is 400 g/mol. The second-order valence-corrected chi connectivity index (χ2v) is 6.60. The van der Waals surface area contributed by atoms with Crippen LogP contribution in [0, 0.1) is 11.6 Å². The zero-order valence-corrected chi connectivity index (χ0v) is 15.5. The molecule has 0 bridgehead atoms. The third-order valence-corrected chi connectivity index (χ3v) is 4.62. The van der Waals surface area contributed by atoms with Crippen LogP contribution in [-0.2, 0) is 4.74 Å². The molecule has 8 heteroatoms. The number of allylic oxidation sites excluding steroid dienone is 2. The minimum Gasteiger partial charge on any atom is -0.382 e. The number of hydrogen-bond acceptors (Lipinski definition) is 5. The zero-order chi connectivity index (χ0) is 19.8. The molecule has 3 aromatic rings. The summed E-state index contributed by atoms with van der Waals surface area (Å²) >= 11 is 6.06. The molecule has 0 saturated carbocycles. The fourth-order valence-corrected chi connectivity index (χ4v) is 3.28. The molecule has 0 aliphatic carbocycles. The molecule has 5 nitrogen and oxygen atoms in total. The Hall–Kier alpha value is -3.03. The Kier molecular flexibility index (Phi) is 4.70.